The highest BCUT2D eigenvalue weighted by molar-refractivity contribution is 6.31. The Kier molecular flexibility index (Phi) is 12.3. The molecule has 1 unspecified atom stereocenters. The van der Waals surface area contributed by atoms with Gasteiger partial charge in [-0.25, -0.2) is 0 Å². The van der Waals surface area contributed by atoms with Crippen molar-refractivity contribution in [3.05, 3.63) is 52.5 Å². The summed E-state index contributed by atoms with van der Waals surface area (Å²) in [6.45, 7) is 9.55. The van der Waals surface area contributed by atoms with Crippen molar-refractivity contribution < 1.29 is 33.3 Å². The summed E-state index contributed by atoms with van der Waals surface area (Å²) >= 11 is 6.57. The van der Waals surface area contributed by atoms with E-state index in [9.17, 15) is 14.4 Å². The minimum Gasteiger partial charge on any atom is -0.496 e. The third-order valence-corrected chi connectivity index (χ3v) is 7.67. The molecule has 0 radical (unpaired) electrons. The molecule has 0 aliphatic carbocycles. The molecule has 0 saturated carbocycles. The second-order valence-corrected chi connectivity index (χ2v) is 12.3. The quantitative estimate of drug-likeness (QED) is 0.268. The molecule has 1 saturated heterocycles. The number of benzene rings is 2. The fourth-order valence-corrected chi connectivity index (χ4v) is 5.66. The SMILES string of the molecule is CCOC(=O)C1CCN(C(=O)CCC(=O)N(CC(C)(C)C)c2c(OC)cc(Cl)cc2C(OC)c2ccccc2OC)CC1. The molecule has 10 heteroatoms. The maximum Gasteiger partial charge on any atom is 0.309 e. The van der Waals surface area contributed by atoms with E-state index in [0.29, 0.717) is 66.9 Å². The van der Waals surface area contributed by atoms with Gasteiger partial charge in [-0.2, -0.15) is 0 Å². The molecular formula is C33H45ClN2O7. The summed E-state index contributed by atoms with van der Waals surface area (Å²) in [4.78, 5) is 42.7. The Hall–Kier alpha value is -3.30. The molecule has 0 aromatic heterocycles. The number of hydrogen-bond acceptors (Lipinski definition) is 7. The first kappa shape index (κ1) is 34.2. The summed E-state index contributed by atoms with van der Waals surface area (Å²) in [5, 5.41) is 0.428. The molecule has 0 bridgehead atoms. The van der Waals surface area contributed by atoms with Crippen LogP contribution in [0.15, 0.2) is 36.4 Å². The Morgan fingerprint density at radius 2 is 1.63 bits per heavy atom. The number of carbonyl (C=O) groups is 3. The Balaban J connectivity index is 1.92. The van der Waals surface area contributed by atoms with Crippen molar-refractivity contribution in [3.8, 4) is 11.5 Å². The molecule has 43 heavy (non-hydrogen) atoms. The number of hydrogen-bond donors (Lipinski definition) is 0. The number of halogens is 1. The van der Waals surface area contributed by atoms with E-state index in [1.165, 1.54) is 7.11 Å². The summed E-state index contributed by atoms with van der Waals surface area (Å²) < 4.78 is 22.6. The largest absolute Gasteiger partial charge is 0.496 e. The van der Waals surface area contributed by atoms with Gasteiger partial charge in [-0.3, -0.25) is 14.4 Å². The zero-order valence-electron chi connectivity index (χ0n) is 26.4. The Morgan fingerprint density at radius 1 is 0.977 bits per heavy atom. The molecule has 2 amide bonds. The van der Waals surface area contributed by atoms with Gasteiger partial charge in [-0.05, 0) is 37.3 Å². The van der Waals surface area contributed by atoms with Crippen LogP contribution in [0.5, 0.6) is 11.5 Å². The molecule has 2 aromatic rings. The monoisotopic (exact) mass is 616 g/mol. The van der Waals surface area contributed by atoms with Crippen LogP contribution < -0.4 is 14.4 Å². The van der Waals surface area contributed by atoms with Gasteiger partial charge in [0, 0.05) is 61.8 Å². The number of methoxy groups -OCH3 is 3. The van der Waals surface area contributed by atoms with Gasteiger partial charge in [-0.15, -0.1) is 0 Å². The zero-order valence-corrected chi connectivity index (χ0v) is 27.2. The average molecular weight is 617 g/mol. The number of carbonyl (C=O) groups excluding carboxylic acids is 3. The van der Waals surface area contributed by atoms with E-state index in [1.54, 1.807) is 43.1 Å². The molecule has 9 nitrogen and oxygen atoms in total. The van der Waals surface area contributed by atoms with Crippen molar-refractivity contribution in [1.82, 2.24) is 4.90 Å². The minimum absolute atomic E-state index is 0.00421. The topological polar surface area (TPSA) is 94.6 Å². The fourth-order valence-electron chi connectivity index (χ4n) is 5.44. The number of esters is 1. The summed E-state index contributed by atoms with van der Waals surface area (Å²) in [6, 6.07) is 11.0. The lowest BCUT2D eigenvalue weighted by atomic mass is 9.93. The van der Waals surface area contributed by atoms with E-state index in [1.807, 2.05) is 45.0 Å². The van der Waals surface area contributed by atoms with Gasteiger partial charge >= 0.3 is 5.97 Å². The molecule has 1 aliphatic heterocycles. The second-order valence-electron chi connectivity index (χ2n) is 11.9. The number of anilines is 1. The molecule has 1 aliphatic rings. The number of rotatable bonds is 12. The van der Waals surface area contributed by atoms with Gasteiger partial charge in [0.2, 0.25) is 11.8 Å². The van der Waals surface area contributed by atoms with Crippen molar-refractivity contribution >= 4 is 35.1 Å². The third kappa shape index (κ3) is 8.86. The number of amides is 2. The smallest absolute Gasteiger partial charge is 0.309 e. The van der Waals surface area contributed by atoms with Gasteiger partial charge in [-0.1, -0.05) is 50.6 Å². The number of likely N-dealkylation sites (tertiary alicyclic amines) is 1. The van der Waals surface area contributed by atoms with E-state index in [4.69, 9.17) is 30.5 Å². The first-order chi connectivity index (χ1) is 20.4. The van der Waals surface area contributed by atoms with Crippen LogP contribution in [0.3, 0.4) is 0 Å². The van der Waals surface area contributed by atoms with Crippen molar-refractivity contribution in [1.29, 1.82) is 0 Å². The van der Waals surface area contributed by atoms with Crippen molar-refractivity contribution in [2.45, 2.75) is 59.5 Å². The molecule has 236 valence electrons. The molecule has 0 spiro atoms. The minimum atomic E-state index is -0.628. The van der Waals surface area contributed by atoms with Crippen LogP contribution in [-0.2, 0) is 23.9 Å². The van der Waals surface area contributed by atoms with Crippen LogP contribution in [0.1, 0.15) is 70.6 Å². The molecule has 1 heterocycles. The van der Waals surface area contributed by atoms with E-state index in [2.05, 4.69) is 0 Å². The lowest BCUT2D eigenvalue weighted by Crippen LogP contribution is -2.42. The normalized spacial score (nSPS) is 14.7. The molecular weight excluding hydrogens is 572 g/mol. The highest BCUT2D eigenvalue weighted by Gasteiger charge is 2.33. The van der Waals surface area contributed by atoms with Crippen LogP contribution >= 0.6 is 11.6 Å². The Morgan fingerprint density at radius 3 is 2.21 bits per heavy atom. The van der Waals surface area contributed by atoms with E-state index < -0.39 is 6.10 Å². The van der Waals surface area contributed by atoms with Crippen LogP contribution in [0.2, 0.25) is 5.02 Å². The average Bonchev–Trinajstić information content (AvgIpc) is 2.98. The summed E-state index contributed by atoms with van der Waals surface area (Å²) in [5.74, 6) is 0.313. The van der Waals surface area contributed by atoms with E-state index in [-0.39, 0.29) is 42.0 Å². The van der Waals surface area contributed by atoms with Crippen molar-refractivity contribution in [3.63, 3.8) is 0 Å². The van der Waals surface area contributed by atoms with Crippen molar-refractivity contribution in [2.75, 3.05) is 52.5 Å². The van der Waals surface area contributed by atoms with Gasteiger partial charge in [0.25, 0.3) is 0 Å². The van der Waals surface area contributed by atoms with Crippen molar-refractivity contribution in [2.24, 2.45) is 11.3 Å². The lowest BCUT2D eigenvalue weighted by molar-refractivity contribution is -0.151. The fraction of sp³-hybridized carbons (Fsp3) is 0.545. The Labute approximate surface area is 260 Å². The number of nitrogens with zero attached hydrogens (tertiary/aromatic N) is 2. The second kappa shape index (κ2) is 15.4. The maximum absolute atomic E-state index is 14.0. The summed E-state index contributed by atoms with van der Waals surface area (Å²) in [6.07, 6.45) is 0.540. The predicted molar refractivity (Wildman–Crippen MR) is 167 cm³/mol. The Bertz CT molecular complexity index is 1270. The zero-order chi connectivity index (χ0) is 31.7. The van der Waals surface area contributed by atoms with Crippen LogP contribution in [-0.4, -0.2) is 70.3 Å². The molecule has 1 fully saturated rings. The number of piperidine rings is 1. The van der Waals surface area contributed by atoms with Gasteiger partial charge in [0.15, 0.2) is 0 Å². The number of ether oxygens (including phenoxy) is 4. The first-order valence-electron chi connectivity index (χ1n) is 14.7. The predicted octanol–water partition coefficient (Wildman–Crippen LogP) is 6.05. The van der Waals surface area contributed by atoms with Gasteiger partial charge in [0.05, 0.1) is 32.4 Å². The van der Waals surface area contributed by atoms with E-state index >= 15 is 0 Å². The van der Waals surface area contributed by atoms with Crippen LogP contribution in [0, 0.1) is 11.3 Å². The maximum atomic E-state index is 14.0. The van der Waals surface area contributed by atoms with Gasteiger partial charge in [0.1, 0.15) is 17.6 Å². The highest BCUT2D eigenvalue weighted by Crippen LogP contribution is 2.44. The summed E-state index contributed by atoms with van der Waals surface area (Å²) in [5.41, 5.74) is 1.65. The van der Waals surface area contributed by atoms with Gasteiger partial charge < -0.3 is 28.7 Å². The van der Waals surface area contributed by atoms with E-state index in [0.717, 1.165) is 5.56 Å². The molecule has 0 N–H and O–H groups in total. The van der Waals surface area contributed by atoms with Crippen LogP contribution in [0.4, 0.5) is 5.69 Å². The third-order valence-electron chi connectivity index (χ3n) is 7.45. The summed E-state index contributed by atoms with van der Waals surface area (Å²) in [7, 11) is 4.72. The first-order valence-corrected chi connectivity index (χ1v) is 15.1. The lowest BCUT2D eigenvalue weighted by Gasteiger charge is -2.35. The molecule has 3 rings (SSSR count). The highest BCUT2D eigenvalue weighted by atomic mass is 35.5. The molecule has 1 atom stereocenters. The number of para-hydroxylation sites is 1. The van der Waals surface area contributed by atoms with Crippen LogP contribution in [0.25, 0.3) is 0 Å². The standard InChI is InChI=1S/C33H45ClN2O7/c1-8-43-32(39)22-15-17-35(18-16-22)28(37)13-14-29(38)36(21-33(2,3)4)30-25(19-23(34)20-27(30)41-6)31(42-7)24-11-9-10-12-26(24)40-5/h9-12,19-20,22,31H,8,13-18,21H2,1-7H3. The molecule has 2 aromatic carbocycles.